The molecule has 4 nitrogen and oxygen atoms in total. The Hall–Kier alpha value is -1.32. The molecule has 0 saturated heterocycles. The van der Waals surface area contributed by atoms with Gasteiger partial charge in [0.05, 0.1) is 6.61 Å². The summed E-state index contributed by atoms with van der Waals surface area (Å²) in [4.78, 5) is 22.6. The van der Waals surface area contributed by atoms with E-state index < -0.39 is 0 Å². The van der Waals surface area contributed by atoms with Gasteiger partial charge in [0.1, 0.15) is 6.10 Å². The van der Waals surface area contributed by atoms with E-state index in [1.807, 2.05) is 0 Å². The largest absolute Gasteiger partial charge is 0.466 e. The highest BCUT2D eigenvalue weighted by atomic mass is 16.5. The van der Waals surface area contributed by atoms with E-state index in [2.05, 4.69) is 26.0 Å². The Bertz CT molecular complexity index is 390. The SMILES string of the molecule is CCCCCC(C/C=C/CCCCCCCC(=O)OCCCC)OC(C)=O. The molecule has 0 bridgehead atoms. The third kappa shape index (κ3) is 19.3. The summed E-state index contributed by atoms with van der Waals surface area (Å²) in [5.41, 5.74) is 0. The molecule has 0 heterocycles. The first-order valence-corrected chi connectivity index (χ1v) is 11.1. The normalized spacial score (nSPS) is 12.3. The van der Waals surface area contributed by atoms with Crippen molar-refractivity contribution >= 4 is 11.9 Å². The third-order valence-electron chi connectivity index (χ3n) is 4.54. The van der Waals surface area contributed by atoms with Crippen molar-refractivity contribution < 1.29 is 19.1 Å². The Labute approximate surface area is 167 Å². The van der Waals surface area contributed by atoms with Gasteiger partial charge in [0.15, 0.2) is 0 Å². The number of carbonyl (C=O) groups excluding carboxylic acids is 2. The molecule has 1 unspecified atom stereocenters. The van der Waals surface area contributed by atoms with Crippen LogP contribution in [0.3, 0.4) is 0 Å². The van der Waals surface area contributed by atoms with Crippen molar-refractivity contribution in [3.63, 3.8) is 0 Å². The second-order valence-electron chi connectivity index (χ2n) is 7.31. The molecule has 27 heavy (non-hydrogen) atoms. The fourth-order valence-corrected chi connectivity index (χ4v) is 2.91. The molecule has 0 amide bonds. The van der Waals surface area contributed by atoms with Crippen molar-refractivity contribution in [3.05, 3.63) is 12.2 Å². The minimum Gasteiger partial charge on any atom is -0.466 e. The van der Waals surface area contributed by atoms with E-state index in [1.165, 1.54) is 39.0 Å². The Balaban J connectivity index is 3.60. The van der Waals surface area contributed by atoms with Gasteiger partial charge in [-0.15, -0.1) is 0 Å². The molecule has 0 N–H and O–H groups in total. The first-order valence-electron chi connectivity index (χ1n) is 11.1. The van der Waals surface area contributed by atoms with Gasteiger partial charge in [-0.1, -0.05) is 64.5 Å². The molecule has 158 valence electrons. The standard InChI is InChI=1S/C23H42O4/c1-4-6-14-17-22(27-21(3)24)18-15-12-10-8-9-11-13-16-19-23(25)26-20-7-5-2/h12,15,22H,4-11,13-14,16-20H2,1-3H3/b15-12+. The van der Waals surface area contributed by atoms with Crippen LogP contribution >= 0.6 is 0 Å². The van der Waals surface area contributed by atoms with Crippen LogP contribution in [0.15, 0.2) is 12.2 Å². The van der Waals surface area contributed by atoms with E-state index in [0.717, 1.165) is 51.4 Å². The van der Waals surface area contributed by atoms with Gasteiger partial charge in [-0.05, 0) is 38.5 Å². The van der Waals surface area contributed by atoms with Gasteiger partial charge >= 0.3 is 11.9 Å². The quantitative estimate of drug-likeness (QED) is 0.154. The first-order chi connectivity index (χ1) is 13.1. The maximum atomic E-state index is 11.5. The van der Waals surface area contributed by atoms with E-state index in [0.29, 0.717) is 13.0 Å². The zero-order valence-corrected chi connectivity index (χ0v) is 18.0. The van der Waals surface area contributed by atoms with Crippen LogP contribution in [0.25, 0.3) is 0 Å². The van der Waals surface area contributed by atoms with Gasteiger partial charge in [0.25, 0.3) is 0 Å². The van der Waals surface area contributed by atoms with Gasteiger partial charge in [0.2, 0.25) is 0 Å². The minimum absolute atomic E-state index is 0.0300. The lowest BCUT2D eigenvalue weighted by Gasteiger charge is -2.14. The molecule has 0 spiro atoms. The summed E-state index contributed by atoms with van der Waals surface area (Å²) >= 11 is 0. The average molecular weight is 383 g/mol. The lowest BCUT2D eigenvalue weighted by molar-refractivity contribution is -0.146. The predicted molar refractivity (Wildman–Crippen MR) is 112 cm³/mol. The number of carbonyl (C=O) groups is 2. The zero-order valence-electron chi connectivity index (χ0n) is 18.0. The summed E-state index contributed by atoms with van der Waals surface area (Å²) in [6.07, 6.45) is 18.9. The molecule has 0 aliphatic carbocycles. The summed E-state index contributed by atoms with van der Waals surface area (Å²) in [5.74, 6) is -0.230. The minimum atomic E-state index is -0.181. The van der Waals surface area contributed by atoms with Crippen molar-refractivity contribution in [1.82, 2.24) is 0 Å². The second-order valence-corrected chi connectivity index (χ2v) is 7.31. The van der Waals surface area contributed by atoms with Gasteiger partial charge in [-0.25, -0.2) is 0 Å². The van der Waals surface area contributed by atoms with Crippen molar-refractivity contribution in [3.8, 4) is 0 Å². The maximum absolute atomic E-state index is 11.5. The molecule has 4 heteroatoms. The van der Waals surface area contributed by atoms with E-state index in [4.69, 9.17) is 9.47 Å². The number of hydrogen-bond donors (Lipinski definition) is 0. The molecule has 1 atom stereocenters. The maximum Gasteiger partial charge on any atom is 0.305 e. The number of esters is 2. The third-order valence-corrected chi connectivity index (χ3v) is 4.54. The molecule has 0 rings (SSSR count). The monoisotopic (exact) mass is 382 g/mol. The van der Waals surface area contributed by atoms with Crippen LogP contribution in [0.1, 0.15) is 111 Å². The number of rotatable bonds is 18. The summed E-state index contributed by atoms with van der Waals surface area (Å²) < 4.78 is 10.5. The lowest BCUT2D eigenvalue weighted by Crippen LogP contribution is -2.15. The van der Waals surface area contributed by atoms with Crippen LogP contribution in [0, 0.1) is 0 Å². The summed E-state index contributed by atoms with van der Waals surface area (Å²) in [5, 5.41) is 0. The van der Waals surface area contributed by atoms with Crippen molar-refractivity contribution in [2.24, 2.45) is 0 Å². The molecular weight excluding hydrogens is 340 g/mol. The molecule has 0 saturated carbocycles. The molecule has 0 aliphatic heterocycles. The van der Waals surface area contributed by atoms with Gasteiger partial charge in [-0.2, -0.15) is 0 Å². The Morgan fingerprint density at radius 1 is 0.852 bits per heavy atom. The Morgan fingerprint density at radius 2 is 1.56 bits per heavy atom. The smallest absolute Gasteiger partial charge is 0.305 e. The van der Waals surface area contributed by atoms with Crippen LogP contribution in [0.2, 0.25) is 0 Å². The molecule has 0 aromatic carbocycles. The average Bonchev–Trinajstić information content (AvgIpc) is 2.63. The number of ether oxygens (including phenoxy) is 2. The predicted octanol–water partition coefficient (Wildman–Crippen LogP) is 6.52. The summed E-state index contributed by atoms with van der Waals surface area (Å²) in [6.45, 7) is 6.33. The van der Waals surface area contributed by atoms with Crippen molar-refractivity contribution in [1.29, 1.82) is 0 Å². The molecule has 0 aromatic heterocycles. The molecule has 0 aliphatic rings. The lowest BCUT2D eigenvalue weighted by atomic mass is 10.1. The van der Waals surface area contributed by atoms with Crippen LogP contribution in [-0.4, -0.2) is 24.6 Å². The highest BCUT2D eigenvalue weighted by Crippen LogP contribution is 2.13. The van der Waals surface area contributed by atoms with E-state index >= 15 is 0 Å². The van der Waals surface area contributed by atoms with Gasteiger partial charge in [0, 0.05) is 19.8 Å². The highest BCUT2D eigenvalue weighted by molar-refractivity contribution is 5.69. The van der Waals surface area contributed by atoms with E-state index in [-0.39, 0.29) is 18.0 Å². The number of hydrogen-bond acceptors (Lipinski definition) is 4. The molecule has 0 aromatic rings. The topological polar surface area (TPSA) is 52.6 Å². The molecule has 0 fully saturated rings. The van der Waals surface area contributed by atoms with Crippen molar-refractivity contribution in [2.75, 3.05) is 6.61 Å². The summed E-state index contributed by atoms with van der Waals surface area (Å²) in [6, 6.07) is 0. The summed E-state index contributed by atoms with van der Waals surface area (Å²) in [7, 11) is 0. The second kappa shape index (κ2) is 19.4. The zero-order chi connectivity index (χ0) is 20.2. The number of unbranched alkanes of at least 4 members (excludes halogenated alkanes) is 8. The van der Waals surface area contributed by atoms with Crippen molar-refractivity contribution in [2.45, 2.75) is 117 Å². The van der Waals surface area contributed by atoms with Gasteiger partial charge < -0.3 is 9.47 Å². The molecular formula is C23H42O4. The number of allylic oxidation sites excluding steroid dienone is 1. The first kappa shape index (κ1) is 25.7. The highest BCUT2D eigenvalue weighted by Gasteiger charge is 2.09. The van der Waals surface area contributed by atoms with Crippen LogP contribution in [0.5, 0.6) is 0 Å². The molecule has 0 radical (unpaired) electrons. The van der Waals surface area contributed by atoms with Crippen LogP contribution in [0.4, 0.5) is 0 Å². The Kier molecular flexibility index (Phi) is 18.5. The fourth-order valence-electron chi connectivity index (χ4n) is 2.91. The van der Waals surface area contributed by atoms with Crippen LogP contribution < -0.4 is 0 Å². The fraction of sp³-hybridized carbons (Fsp3) is 0.826. The van der Waals surface area contributed by atoms with Crippen LogP contribution in [-0.2, 0) is 19.1 Å². The van der Waals surface area contributed by atoms with E-state index in [1.54, 1.807) is 0 Å². The Morgan fingerprint density at radius 3 is 2.26 bits per heavy atom. The van der Waals surface area contributed by atoms with Gasteiger partial charge in [-0.3, -0.25) is 9.59 Å². The van der Waals surface area contributed by atoms with E-state index in [9.17, 15) is 9.59 Å².